The highest BCUT2D eigenvalue weighted by atomic mass is 16.6. The second-order valence-corrected chi connectivity index (χ2v) is 15.6. The Kier molecular flexibility index (Phi) is 35.9. The van der Waals surface area contributed by atoms with E-state index in [1.165, 1.54) is 51.4 Å². The van der Waals surface area contributed by atoms with Gasteiger partial charge in [0.05, 0.1) is 34.4 Å². The zero-order chi connectivity index (χ0) is 40.7. The predicted molar refractivity (Wildman–Crippen MR) is 229 cm³/mol. The molecule has 0 heterocycles. The number of hydrogen-bond donors (Lipinski definition) is 1. The highest BCUT2D eigenvalue weighted by Crippen LogP contribution is 2.14. The van der Waals surface area contributed by atoms with E-state index in [4.69, 9.17) is 14.2 Å². The van der Waals surface area contributed by atoms with Crippen molar-refractivity contribution in [1.29, 1.82) is 0 Å². The van der Waals surface area contributed by atoms with Crippen LogP contribution in [0.15, 0.2) is 60.8 Å². The molecule has 0 spiro atoms. The summed E-state index contributed by atoms with van der Waals surface area (Å²) in [6.45, 7) is 4.58. The summed E-state index contributed by atoms with van der Waals surface area (Å²) in [5.74, 6) is -1.50. The van der Waals surface area contributed by atoms with E-state index in [-0.39, 0.29) is 36.2 Å². The molecule has 1 N–H and O–H groups in total. The van der Waals surface area contributed by atoms with Gasteiger partial charge in [0, 0.05) is 19.3 Å². The van der Waals surface area contributed by atoms with E-state index in [1.807, 2.05) is 21.1 Å². The largest absolute Gasteiger partial charge is 0.477 e. The van der Waals surface area contributed by atoms with Gasteiger partial charge in [0.25, 0.3) is 0 Å². The Morgan fingerprint density at radius 3 is 1.51 bits per heavy atom. The van der Waals surface area contributed by atoms with Crippen molar-refractivity contribution in [3.05, 3.63) is 60.8 Å². The van der Waals surface area contributed by atoms with E-state index < -0.39 is 18.1 Å². The molecule has 0 aromatic carbocycles. The summed E-state index contributed by atoms with van der Waals surface area (Å²) in [5.41, 5.74) is 0. The standard InChI is InChI=1S/C47H81NO7/c1-6-8-10-12-14-16-18-19-20-21-22-23-24-25-26-28-29-31-33-35-37-45(49)54-42-43(41-53-40-39-44(47(51)52)48(3,4)5)55-46(50)38-36-34-32-30-27-17-15-13-11-9-7-2/h8,10,14,16,19-20,22-23,25-26,43-44H,6-7,9,11-13,15,17-18,21,24,27-42H2,1-5H3/p+1/b10-8+,16-14+,20-19+,23-22+,26-25+. The van der Waals surface area contributed by atoms with E-state index in [0.717, 1.165) is 83.5 Å². The van der Waals surface area contributed by atoms with Crippen molar-refractivity contribution in [2.24, 2.45) is 0 Å². The van der Waals surface area contributed by atoms with E-state index >= 15 is 0 Å². The normalized spacial score (nSPS) is 13.5. The summed E-state index contributed by atoms with van der Waals surface area (Å²) in [7, 11) is 5.51. The predicted octanol–water partition coefficient (Wildman–Crippen LogP) is 11.8. The molecule has 0 rings (SSSR count). The number of aliphatic carboxylic acids is 1. The quantitative estimate of drug-likeness (QED) is 0.0289. The van der Waals surface area contributed by atoms with Crippen LogP contribution in [-0.4, -0.2) is 80.6 Å². The van der Waals surface area contributed by atoms with Gasteiger partial charge in [-0.2, -0.15) is 0 Å². The van der Waals surface area contributed by atoms with Crippen LogP contribution in [0.5, 0.6) is 0 Å². The Morgan fingerprint density at radius 2 is 1.02 bits per heavy atom. The summed E-state index contributed by atoms with van der Waals surface area (Å²) >= 11 is 0. The first-order valence-corrected chi connectivity index (χ1v) is 21.8. The minimum atomic E-state index is -0.880. The van der Waals surface area contributed by atoms with Crippen LogP contribution in [0, 0.1) is 0 Å². The van der Waals surface area contributed by atoms with Crippen molar-refractivity contribution in [2.75, 3.05) is 41.0 Å². The minimum absolute atomic E-state index is 0.0521. The molecule has 2 unspecified atom stereocenters. The highest BCUT2D eigenvalue weighted by molar-refractivity contribution is 5.72. The SMILES string of the molecule is CC/C=C/C/C=C/C/C=C/C/C=C/C/C=C/CCCCCCC(=O)OCC(COCCC(C(=O)O)[N+](C)(C)C)OC(=O)CCCCCCCCCCCCC. The molecule has 0 amide bonds. The van der Waals surface area contributed by atoms with Gasteiger partial charge in [-0.05, 0) is 57.8 Å². The number of carboxylic acid groups (broad SMARTS) is 1. The number of ether oxygens (including phenoxy) is 3. The first kappa shape index (κ1) is 52.0. The fourth-order valence-corrected chi connectivity index (χ4v) is 6.06. The van der Waals surface area contributed by atoms with Gasteiger partial charge in [-0.1, -0.05) is 152 Å². The molecule has 0 bridgehead atoms. The van der Waals surface area contributed by atoms with Crippen LogP contribution >= 0.6 is 0 Å². The molecule has 8 heteroatoms. The second kappa shape index (κ2) is 37.9. The summed E-state index contributed by atoms with van der Waals surface area (Å²) in [6, 6.07) is -0.619. The molecule has 0 aromatic heterocycles. The fourth-order valence-electron chi connectivity index (χ4n) is 6.06. The lowest BCUT2D eigenvalue weighted by Crippen LogP contribution is -2.50. The molecule has 2 atom stereocenters. The maximum absolute atomic E-state index is 12.7. The third-order valence-corrected chi connectivity index (χ3v) is 9.43. The average molecular weight is 773 g/mol. The lowest BCUT2D eigenvalue weighted by molar-refractivity contribution is -0.887. The molecule has 0 aromatic rings. The summed E-state index contributed by atoms with van der Waals surface area (Å²) in [5, 5.41) is 9.61. The topological polar surface area (TPSA) is 99.1 Å². The summed E-state index contributed by atoms with van der Waals surface area (Å²) < 4.78 is 17.2. The molecule has 0 fully saturated rings. The van der Waals surface area contributed by atoms with Gasteiger partial charge in [0.1, 0.15) is 6.61 Å². The Bertz CT molecular complexity index is 1090. The van der Waals surface area contributed by atoms with Crippen molar-refractivity contribution >= 4 is 17.9 Å². The fraction of sp³-hybridized carbons (Fsp3) is 0.723. The number of rotatable bonds is 38. The maximum atomic E-state index is 12.7. The molecule has 316 valence electrons. The molecule has 0 aliphatic rings. The summed E-state index contributed by atoms with van der Waals surface area (Å²) in [4.78, 5) is 36.9. The zero-order valence-corrected chi connectivity index (χ0v) is 35.9. The Hall–Kier alpha value is -2.97. The highest BCUT2D eigenvalue weighted by Gasteiger charge is 2.31. The van der Waals surface area contributed by atoms with Gasteiger partial charge in [0.2, 0.25) is 0 Å². The van der Waals surface area contributed by atoms with Crippen molar-refractivity contribution in [3.63, 3.8) is 0 Å². The maximum Gasteiger partial charge on any atom is 0.362 e. The van der Waals surface area contributed by atoms with Crippen LogP contribution in [0.1, 0.15) is 168 Å². The number of nitrogens with zero attached hydrogens (tertiary/aromatic N) is 1. The second-order valence-electron chi connectivity index (χ2n) is 15.6. The van der Waals surface area contributed by atoms with Crippen molar-refractivity contribution in [3.8, 4) is 0 Å². The van der Waals surface area contributed by atoms with Gasteiger partial charge >= 0.3 is 17.9 Å². The number of hydrogen-bond acceptors (Lipinski definition) is 6. The van der Waals surface area contributed by atoms with Crippen LogP contribution in [-0.2, 0) is 28.6 Å². The van der Waals surface area contributed by atoms with Crippen LogP contribution < -0.4 is 0 Å². The third-order valence-electron chi connectivity index (χ3n) is 9.43. The van der Waals surface area contributed by atoms with Crippen LogP contribution in [0.25, 0.3) is 0 Å². The molecule has 0 radical (unpaired) electrons. The molecule has 55 heavy (non-hydrogen) atoms. The molecule has 0 aliphatic carbocycles. The summed E-state index contributed by atoms with van der Waals surface area (Å²) in [6.07, 6.45) is 45.5. The number of allylic oxidation sites excluding steroid dienone is 10. The Morgan fingerprint density at radius 1 is 0.564 bits per heavy atom. The number of likely N-dealkylation sites (N-methyl/N-ethyl adjacent to an activating group) is 1. The van der Waals surface area contributed by atoms with Crippen LogP contribution in [0.4, 0.5) is 0 Å². The lowest BCUT2D eigenvalue weighted by Gasteiger charge is -2.31. The van der Waals surface area contributed by atoms with Gasteiger partial charge in [-0.15, -0.1) is 0 Å². The molecule has 8 nitrogen and oxygen atoms in total. The number of carboxylic acids is 1. The van der Waals surface area contributed by atoms with Crippen molar-refractivity contribution in [2.45, 2.75) is 180 Å². The van der Waals surface area contributed by atoms with E-state index in [0.29, 0.717) is 19.3 Å². The van der Waals surface area contributed by atoms with Crippen molar-refractivity contribution in [1.82, 2.24) is 0 Å². The number of esters is 2. The van der Waals surface area contributed by atoms with Gasteiger partial charge < -0.3 is 23.8 Å². The van der Waals surface area contributed by atoms with E-state index in [2.05, 4.69) is 74.6 Å². The number of quaternary nitrogens is 1. The van der Waals surface area contributed by atoms with E-state index in [9.17, 15) is 19.5 Å². The average Bonchev–Trinajstić information content (AvgIpc) is 3.14. The van der Waals surface area contributed by atoms with Crippen LogP contribution in [0.2, 0.25) is 0 Å². The number of carbonyl (C=O) groups excluding carboxylic acids is 2. The molecule has 0 saturated carbocycles. The minimum Gasteiger partial charge on any atom is -0.477 e. The first-order chi connectivity index (χ1) is 26.6. The van der Waals surface area contributed by atoms with Crippen LogP contribution in [0.3, 0.4) is 0 Å². The molecule has 0 saturated heterocycles. The third kappa shape index (κ3) is 36.4. The molecule has 0 aliphatic heterocycles. The Labute approximate surface area is 337 Å². The van der Waals surface area contributed by atoms with Crippen molar-refractivity contribution < 1.29 is 38.2 Å². The number of carbonyl (C=O) groups is 3. The lowest BCUT2D eigenvalue weighted by atomic mass is 10.1. The monoisotopic (exact) mass is 773 g/mol. The van der Waals surface area contributed by atoms with Gasteiger partial charge in [0.15, 0.2) is 12.1 Å². The van der Waals surface area contributed by atoms with Gasteiger partial charge in [-0.25, -0.2) is 4.79 Å². The first-order valence-electron chi connectivity index (χ1n) is 21.8. The smallest absolute Gasteiger partial charge is 0.362 e. The molecular weight excluding hydrogens is 691 g/mol. The zero-order valence-electron chi connectivity index (χ0n) is 35.9. The Balaban J connectivity index is 4.36. The van der Waals surface area contributed by atoms with E-state index in [1.54, 1.807) is 0 Å². The number of unbranched alkanes of at least 4 members (excludes halogenated alkanes) is 14. The van der Waals surface area contributed by atoms with Gasteiger partial charge in [-0.3, -0.25) is 9.59 Å². The molecular formula is C47H82NO7+.